The van der Waals surface area contributed by atoms with E-state index in [4.69, 9.17) is 14.2 Å². The molecule has 0 heterocycles. The first-order chi connectivity index (χ1) is 13.8. The van der Waals surface area contributed by atoms with Gasteiger partial charge in [0, 0.05) is 27.2 Å². The molecule has 0 radical (unpaired) electrons. The summed E-state index contributed by atoms with van der Waals surface area (Å²) < 4.78 is 16.0. The van der Waals surface area contributed by atoms with Crippen molar-refractivity contribution in [2.45, 2.75) is 91.0 Å². The van der Waals surface area contributed by atoms with E-state index in [-0.39, 0.29) is 0 Å². The molecular formula is C23H32O6. The lowest BCUT2D eigenvalue weighted by molar-refractivity contribution is -0.178. The van der Waals surface area contributed by atoms with Crippen molar-refractivity contribution < 1.29 is 28.6 Å². The quantitative estimate of drug-likeness (QED) is 0.162. The Labute approximate surface area is 174 Å². The third-order valence-electron chi connectivity index (χ3n) is 3.71. The van der Waals surface area contributed by atoms with Crippen LogP contribution in [0.4, 0.5) is 0 Å². The fraction of sp³-hybridized carbons (Fsp3) is 0.609. The van der Waals surface area contributed by atoms with E-state index in [1.807, 2.05) is 13.0 Å². The van der Waals surface area contributed by atoms with E-state index in [1.165, 1.54) is 20.8 Å². The average Bonchev–Trinajstić information content (AvgIpc) is 2.63. The predicted molar refractivity (Wildman–Crippen MR) is 110 cm³/mol. The maximum absolute atomic E-state index is 11.7. The van der Waals surface area contributed by atoms with Gasteiger partial charge in [0.05, 0.1) is 0 Å². The molecule has 29 heavy (non-hydrogen) atoms. The zero-order valence-electron chi connectivity index (χ0n) is 17.9. The van der Waals surface area contributed by atoms with Gasteiger partial charge in [-0.25, -0.2) is 0 Å². The molecule has 0 saturated heterocycles. The van der Waals surface area contributed by atoms with Crippen molar-refractivity contribution >= 4 is 17.9 Å². The molecule has 0 aliphatic rings. The fourth-order valence-corrected chi connectivity index (χ4v) is 2.54. The molecule has 0 rings (SSSR count). The molecule has 0 unspecified atom stereocenters. The van der Waals surface area contributed by atoms with Crippen LogP contribution in [-0.4, -0.2) is 36.2 Å². The number of esters is 3. The van der Waals surface area contributed by atoms with Gasteiger partial charge in [-0.1, -0.05) is 25.3 Å². The molecule has 0 saturated carbocycles. The van der Waals surface area contributed by atoms with Crippen LogP contribution in [0.5, 0.6) is 0 Å². The SMILES string of the molecule is C=CCCCCC[C@H](OC(C)=O)[C@@H](OC(C)=O)[C@@H](C#CC#CCCC)OC(C)=O. The summed E-state index contributed by atoms with van der Waals surface area (Å²) in [7, 11) is 0. The predicted octanol–water partition coefficient (Wildman–Crippen LogP) is 3.72. The number of ether oxygens (including phenoxy) is 3. The first-order valence-corrected chi connectivity index (χ1v) is 9.92. The second kappa shape index (κ2) is 16.2. The Kier molecular flexibility index (Phi) is 14.7. The zero-order valence-corrected chi connectivity index (χ0v) is 17.9. The van der Waals surface area contributed by atoms with Crippen LogP contribution in [-0.2, 0) is 28.6 Å². The van der Waals surface area contributed by atoms with E-state index in [0.717, 1.165) is 32.1 Å². The molecule has 0 amide bonds. The van der Waals surface area contributed by atoms with Crippen molar-refractivity contribution in [3.8, 4) is 23.7 Å². The van der Waals surface area contributed by atoms with Crippen molar-refractivity contribution in [1.82, 2.24) is 0 Å². The minimum atomic E-state index is -1.09. The molecule has 160 valence electrons. The summed E-state index contributed by atoms with van der Waals surface area (Å²) in [5.74, 6) is 9.24. The van der Waals surface area contributed by atoms with E-state index < -0.39 is 36.2 Å². The van der Waals surface area contributed by atoms with Gasteiger partial charge in [-0.15, -0.1) is 6.58 Å². The van der Waals surface area contributed by atoms with Gasteiger partial charge in [0.25, 0.3) is 0 Å². The highest BCUT2D eigenvalue weighted by atomic mass is 16.6. The molecule has 0 N–H and O–H groups in total. The standard InChI is InChI=1S/C23H32O6/c1-6-8-10-12-14-16-21(27-18(3)24)23(29-20(5)26)22(28-19(4)25)17-15-13-11-9-7-2/h6,21-23H,1,7-10,12,14,16H2,2-5H3/t21-,22+,23+/m0/s1. The minimum Gasteiger partial charge on any atom is -0.458 e. The van der Waals surface area contributed by atoms with Crippen LogP contribution in [0.3, 0.4) is 0 Å². The van der Waals surface area contributed by atoms with Crippen LogP contribution in [0, 0.1) is 23.7 Å². The molecule has 0 aromatic rings. The van der Waals surface area contributed by atoms with Gasteiger partial charge < -0.3 is 14.2 Å². The number of carbonyl (C=O) groups is 3. The first-order valence-electron chi connectivity index (χ1n) is 9.92. The van der Waals surface area contributed by atoms with Gasteiger partial charge in [-0.05, 0) is 49.9 Å². The van der Waals surface area contributed by atoms with Crippen molar-refractivity contribution in [3.63, 3.8) is 0 Å². The van der Waals surface area contributed by atoms with Gasteiger partial charge in [0.15, 0.2) is 6.10 Å². The molecule has 0 spiro atoms. The summed E-state index contributed by atoms with van der Waals surface area (Å²) in [6.07, 6.45) is 4.43. The summed E-state index contributed by atoms with van der Waals surface area (Å²) in [6, 6.07) is 0. The van der Waals surface area contributed by atoms with Crippen molar-refractivity contribution in [1.29, 1.82) is 0 Å². The second-order valence-corrected chi connectivity index (χ2v) is 6.50. The van der Waals surface area contributed by atoms with Crippen molar-refractivity contribution in [3.05, 3.63) is 12.7 Å². The molecule has 0 aliphatic carbocycles. The topological polar surface area (TPSA) is 78.9 Å². The molecular weight excluding hydrogens is 372 g/mol. The molecule has 0 aliphatic heterocycles. The Hall–Kier alpha value is -2.73. The lowest BCUT2D eigenvalue weighted by Crippen LogP contribution is -2.44. The van der Waals surface area contributed by atoms with Gasteiger partial charge in [-0.2, -0.15) is 0 Å². The maximum atomic E-state index is 11.7. The molecule has 0 aromatic heterocycles. The molecule has 6 heteroatoms. The highest BCUT2D eigenvalue weighted by Crippen LogP contribution is 2.19. The van der Waals surface area contributed by atoms with Crippen LogP contribution in [0.1, 0.15) is 72.6 Å². The second-order valence-electron chi connectivity index (χ2n) is 6.50. The third kappa shape index (κ3) is 14.0. The monoisotopic (exact) mass is 404 g/mol. The van der Waals surface area contributed by atoms with E-state index in [2.05, 4.69) is 30.3 Å². The van der Waals surface area contributed by atoms with Crippen LogP contribution in [0.25, 0.3) is 0 Å². The molecule has 0 bridgehead atoms. The number of allylic oxidation sites excluding steroid dienone is 1. The fourth-order valence-electron chi connectivity index (χ4n) is 2.54. The third-order valence-corrected chi connectivity index (χ3v) is 3.71. The van der Waals surface area contributed by atoms with Crippen LogP contribution >= 0.6 is 0 Å². The number of carbonyl (C=O) groups excluding carboxylic acids is 3. The largest absolute Gasteiger partial charge is 0.458 e. The Morgan fingerprint density at radius 1 is 0.931 bits per heavy atom. The van der Waals surface area contributed by atoms with Gasteiger partial charge in [-0.3, -0.25) is 14.4 Å². The highest BCUT2D eigenvalue weighted by Gasteiger charge is 2.35. The Morgan fingerprint density at radius 2 is 1.59 bits per heavy atom. The van der Waals surface area contributed by atoms with Gasteiger partial charge in [0.1, 0.15) is 6.10 Å². The van der Waals surface area contributed by atoms with Crippen molar-refractivity contribution in [2.24, 2.45) is 0 Å². The van der Waals surface area contributed by atoms with E-state index in [1.54, 1.807) is 0 Å². The van der Waals surface area contributed by atoms with E-state index in [9.17, 15) is 14.4 Å². The molecule has 0 fully saturated rings. The molecule has 6 nitrogen and oxygen atoms in total. The summed E-state index contributed by atoms with van der Waals surface area (Å²) in [6.45, 7) is 9.44. The number of rotatable bonds is 12. The minimum absolute atomic E-state index is 0.440. The number of hydrogen-bond donors (Lipinski definition) is 0. The zero-order chi connectivity index (χ0) is 22.1. The number of unbranched alkanes of at least 4 members (excludes halogenated alkanes) is 4. The summed E-state index contributed by atoms with van der Waals surface area (Å²) in [5, 5.41) is 0. The van der Waals surface area contributed by atoms with E-state index in [0.29, 0.717) is 12.8 Å². The number of hydrogen-bond acceptors (Lipinski definition) is 6. The Morgan fingerprint density at radius 3 is 2.14 bits per heavy atom. The van der Waals surface area contributed by atoms with Crippen LogP contribution in [0.2, 0.25) is 0 Å². The molecule has 3 atom stereocenters. The average molecular weight is 405 g/mol. The summed E-state index contributed by atoms with van der Waals surface area (Å²) >= 11 is 0. The lowest BCUT2D eigenvalue weighted by atomic mass is 10.0. The summed E-state index contributed by atoms with van der Waals surface area (Å²) in [4.78, 5) is 34.9. The van der Waals surface area contributed by atoms with Gasteiger partial charge in [0.2, 0.25) is 6.10 Å². The smallest absolute Gasteiger partial charge is 0.304 e. The van der Waals surface area contributed by atoms with Crippen molar-refractivity contribution in [2.75, 3.05) is 0 Å². The summed E-state index contributed by atoms with van der Waals surface area (Å²) in [5.41, 5.74) is 0. The maximum Gasteiger partial charge on any atom is 0.304 e. The Balaban J connectivity index is 5.61. The first kappa shape index (κ1) is 26.3. The van der Waals surface area contributed by atoms with Crippen LogP contribution in [0.15, 0.2) is 12.7 Å². The highest BCUT2D eigenvalue weighted by molar-refractivity contribution is 5.68. The van der Waals surface area contributed by atoms with E-state index >= 15 is 0 Å². The lowest BCUT2D eigenvalue weighted by Gasteiger charge is -2.29. The molecule has 0 aromatic carbocycles. The van der Waals surface area contributed by atoms with Gasteiger partial charge >= 0.3 is 17.9 Å². The Bertz CT molecular complexity index is 658. The van der Waals surface area contributed by atoms with Crippen LogP contribution < -0.4 is 0 Å². The normalized spacial score (nSPS) is 12.7.